The van der Waals surface area contributed by atoms with Gasteiger partial charge in [0.1, 0.15) is 12.8 Å². The molecule has 1 aliphatic carbocycles. The first-order chi connectivity index (χ1) is 12.1. The number of rotatable bonds is 4. The molecule has 1 saturated heterocycles. The molecule has 25 heavy (non-hydrogen) atoms. The molecule has 3 rings (SSSR count). The lowest BCUT2D eigenvalue weighted by Gasteiger charge is -2.44. The van der Waals surface area contributed by atoms with Crippen molar-refractivity contribution in [2.75, 3.05) is 21.0 Å². The van der Waals surface area contributed by atoms with Crippen molar-refractivity contribution in [3.05, 3.63) is 0 Å². The standard InChI is InChI=1S/C15H24N4O6/c1-7-8(4-11-15(20)24-6-16-11)12-10(5-9(7)19-25-21)17-13(22-2)14(18-12)23-3/h7-12,16,19,21H,4-6H2,1-3H3. The maximum absolute atomic E-state index is 11.9. The van der Waals surface area contributed by atoms with Gasteiger partial charge in [-0.3, -0.25) is 10.1 Å². The van der Waals surface area contributed by atoms with Crippen molar-refractivity contribution in [1.29, 1.82) is 0 Å². The van der Waals surface area contributed by atoms with E-state index in [-0.39, 0.29) is 48.7 Å². The van der Waals surface area contributed by atoms with Crippen LogP contribution < -0.4 is 10.8 Å². The van der Waals surface area contributed by atoms with Gasteiger partial charge >= 0.3 is 5.97 Å². The van der Waals surface area contributed by atoms with Gasteiger partial charge in [-0.15, -0.1) is 4.99 Å². The fourth-order valence-electron chi connectivity index (χ4n) is 3.92. The lowest BCUT2D eigenvalue weighted by Crippen LogP contribution is -2.55. The van der Waals surface area contributed by atoms with Crippen LogP contribution in [0.5, 0.6) is 0 Å². The summed E-state index contributed by atoms with van der Waals surface area (Å²) in [7, 11) is 3.04. The van der Waals surface area contributed by atoms with E-state index in [1.54, 1.807) is 0 Å². The van der Waals surface area contributed by atoms with Crippen LogP contribution in [0.25, 0.3) is 0 Å². The van der Waals surface area contributed by atoms with Gasteiger partial charge in [0.2, 0.25) is 0 Å². The predicted octanol–water partition coefficient (Wildman–Crippen LogP) is -0.292. The number of nitrogens with zero attached hydrogens (tertiary/aromatic N) is 2. The summed E-state index contributed by atoms with van der Waals surface area (Å²) in [5.41, 5.74) is 2.62. The van der Waals surface area contributed by atoms with Crippen LogP contribution >= 0.6 is 0 Å². The average Bonchev–Trinajstić information content (AvgIpc) is 3.02. The molecule has 6 unspecified atom stereocenters. The van der Waals surface area contributed by atoms with E-state index < -0.39 is 0 Å². The highest BCUT2D eigenvalue weighted by Crippen LogP contribution is 2.39. The van der Waals surface area contributed by atoms with E-state index in [0.29, 0.717) is 24.6 Å². The normalized spacial score (nSPS) is 37.7. The number of hydroxylamine groups is 1. The Morgan fingerprint density at radius 2 is 2.04 bits per heavy atom. The van der Waals surface area contributed by atoms with Crippen LogP contribution in [0.2, 0.25) is 0 Å². The maximum Gasteiger partial charge on any atom is 0.324 e. The summed E-state index contributed by atoms with van der Waals surface area (Å²) in [6.45, 7) is 2.26. The monoisotopic (exact) mass is 356 g/mol. The van der Waals surface area contributed by atoms with Crippen LogP contribution in [0.3, 0.4) is 0 Å². The average molecular weight is 356 g/mol. The van der Waals surface area contributed by atoms with Gasteiger partial charge < -0.3 is 14.2 Å². The Kier molecular flexibility index (Phi) is 5.52. The van der Waals surface area contributed by atoms with Crippen molar-refractivity contribution in [3.8, 4) is 0 Å². The second kappa shape index (κ2) is 7.65. The summed E-state index contributed by atoms with van der Waals surface area (Å²) in [5.74, 6) is 0.517. The third kappa shape index (κ3) is 3.47. The fourth-order valence-corrected chi connectivity index (χ4v) is 3.92. The van der Waals surface area contributed by atoms with Crippen LogP contribution in [0.4, 0.5) is 0 Å². The molecule has 2 heterocycles. The summed E-state index contributed by atoms with van der Waals surface area (Å²) in [6, 6.07) is -0.846. The lowest BCUT2D eigenvalue weighted by atomic mass is 9.69. The van der Waals surface area contributed by atoms with Crippen LogP contribution in [0.15, 0.2) is 9.98 Å². The number of hydrogen-bond acceptors (Lipinski definition) is 10. The Balaban J connectivity index is 1.87. The van der Waals surface area contributed by atoms with Gasteiger partial charge in [0, 0.05) is 6.04 Å². The molecule has 0 aromatic carbocycles. The van der Waals surface area contributed by atoms with Crippen LogP contribution in [-0.4, -0.2) is 68.1 Å². The zero-order valence-electron chi connectivity index (χ0n) is 14.5. The molecule has 0 radical (unpaired) electrons. The summed E-state index contributed by atoms with van der Waals surface area (Å²) < 4.78 is 15.5. The first kappa shape index (κ1) is 18.1. The Labute approximate surface area is 145 Å². The third-order valence-electron chi connectivity index (χ3n) is 5.30. The molecular weight excluding hydrogens is 332 g/mol. The topological polar surface area (TPSA) is 123 Å². The minimum Gasteiger partial charge on any atom is -0.477 e. The van der Waals surface area contributed by atoms with Crippen LogP contribution in [-0.2, 0) is 24.0 Å². The molecule has 2 aliphatic heterocycles. The number of nitrogens with one attached hydrogen (secondary N) is 2. The second-order valence-corrected chi connectivity index (χ2v) is 6.51. The van der Waals surface area contributed by atoms with E-state index in [1.807, 2.05) is 6.92 Å². The molecule has 3 aliphatic rings. The van der Waals surface area contributed by atoms with E-state index in [1.165, 1.54) is 14.2 Å². The first-order valence-electron chi connectivity index (χ1n) is 8.29. The van der Waals surface area contributed by atoms with E-state index in [0.717, 1.165) is 0 Å². The fraction of sp³-hybridized carbons (Fsp3) is 0.800. The molecule has 0 aromatic heterocycles. The summed E-state index contributed by atoms with van der Waals surface area (Å²) >= 11 is 0. The van der Waals surface area contributed by atoms with Crippen molar-refractivity contribution in [2.45, 2.75) is 43.9 Å². The van der Waals surface area contributed by atoms with Crippen LogP contribution in [0, 0.1) is 11.8 Å². The van der Waals surface area contributed by atoms with Crippen molar-refractivity contribution < 1.29 is 29.3 Å². The number of hydrogen-bond donors (Lipinski definition) is 3. The van der Waals surface area contributed by atoms with Crippen molar-refractivity contribution in [2.24, 2.45) is 21.8 Å². The van der Waals surface area contributed by atoms with Gasteiger partial charge in [-0.1, -0.05) is 6.92 Å². The summed E-state index contributed by atoms with van der Waals surface area (Å²) in [5, 5.41) is 11.9. The molecule has 10 nitrogen and oxygen atoms in total. The highest BCUT2D eigenvalue weighted by molar-refractivity contribution is 6.35. The van der Waals surface area contributed by atoms with E-state index in [4.69, 9.17) is 24.5 Å². The van der Waals surface area contributed by atoms with Gasteiger partial charge in [-0.25, -0.2) is 15.2 Å². The Morgan fingerprint density at radius 3 is 2.64 bits per heavy atom. The minimum absolute atomic E-state index is 0.00172. The highest BCUT2D eigenvalue weighted by atomic mass is 17.2. The Hall–Kier alpha value is -1.75. The van der Waals surface area contributed by atoms with E-state index in [9.17, 15) is 4.79 Å². The quantitative estimate of drug-likeness (QED) is 0.357. The van der Waals surface area contributed by atoms with Gasteiger partial charge in [-0.05, 0) is 24.7 Å². The molecule has 1 saturated carbocycles. The molecule has 3 N–H and O–H groups in total. The van der Waals surface area contributed by atoms with Gasteiger partial charge in [0.25, 0.3) is 11.8 Å². The zero-order valence-corrected chi connectivity index (χ0v) is 14.5. The smallest absolute Gasteiger partial charge is 0.324 e. The van der Waals surface area contributed by atoms with Crippen molar-refractivity contribution in [1.82, 2.24) is 10.8 Å². The maximum atomic E-state index is 11.9. The third-order valence-corrected chi connectivity index (χ3v) is 5.30. The Morgan fingerprint density at radius 1 is 1.32 bits per heavy atom. The number of ether oxygens (including phenoxy) is 3. The predicted molar refractivity (Wildman–Crippen MR) is 86.9 cm³/mol. The number of fused-ring (bicyclic) bond motifs is 1. The Bertz CT molecular complexity index is 568. The van der Waals surface area contributed by atoms with Gasteiger partial charge in [0.05, 0.1) is 26.3 Å². The van der Waals surface area contributed by atoms with Crippen molar-refractivity contribution in [3.63, 3.8) is 0 Å². The minimum atomic E-state index is -0.379. The number of aliphatic imine (C=N–C) groups is 2. The summed E-state index contributed by atoms with van der Waals surface area (Å²) in [4.78, 5) is 25.3. The molecule has 0 amide bonds. The van der Waals surface area contributed by atoms with Crippen molar-refractivity contribution >= 4 is 17.8 Å². The van der Waals surface area contributed by atoms with E-state index in [2.05, 4.69) is 20.8 Å². The number of methoxy groups -OCH3 is 2. The number of cyclic esters (lactones) is 1. The molecule has 6 atom stereocenters. The van der Waals surface area contributed by atoms with Gasteiger partial charge in [-0.2, -0.15) is 5.48 Å². The van der Waals surface area contributed by atoms with E-state index >= 15 is 0 Å². The van der Waals surface area contributed by atoms with Crippen LogP contribution in [0.1, 0.15) is 19.8 Å². The number of esters is 1. The second-order valence-electron chi connectivity index (χ2n) is 6.51. The molecule has 2 fully saturated rings. The molecular formula is C15H24N4O6. The first-order valence-corrected chi connectivity index (χ1v) is 8.29. The molecule has 0 spiro atoms. The lowest BCUT2D eigenvalue weighted by molar-refractivity contribution is -0.304. The van der Waals surface area contributed by atoms with Gasteiger partial charge in [0.15, 0.2) is 0 Å². The number of carbonyl (C=O) groups is 1. The zero-order chi connectivity index (χ0) is 18.0. The molecule has 0 bridgehead atoms. The molecule has 140 valence electrons. The number of carbonyl (C=O) groups excluding carboxylic acids is 1. The molecule has 10 heteroatoms. The SMILES string of the molecule is COC1=NC2CC(NOO)C(C)C(CC3NCOC3=O)C2N=C1OC. The largest absolute Gasteiger partial charge is 0.477 e. The molecule has 0 aromatic rings. The summed E-state index contributed by atoms with van der Waals surface area (Å²) in [6.07, 6.45) is 1.15. The highest BCUT2D eigenvalue weighted by Gasteiger charge is 2.47.